The van der Waals surface area contributed by atoms with E-state index in [2.05, 4.69) is 51.0 Å². The summed E-state index contributed by atoms with van der Waals surface area (Å²) in [4.78, 5) is 90.6. The molecule has 356 valence electrons. The number of nitrogens with two attached hydrogens (primary N) is 1. The van der Waals surface area contributed by atoms with Crippen molar-refractivity contribution < 1.29 is 48.1 Å². The van der Waals surface area contributed by atoms with E-state index in [4.69, 9.17) is 15.2 Å². The van der Waals surface area contributed by atoms with Crippen LogP contribution in [-0.2, 0) is 35.1 Å². The van der Waals surface area contributed by atoms with Crippen LogP contribution in [0.5, 0.6) is 0 Å². The molecule has 0 saturated heterocycles. The number of amides is 6. The van der Waals surface area contributed by atoms with Gasteiger partial charge in [0, 0.05) is 18.7 Å². The minimum atomic E-state index is -1.66. The zero-order valence-corrected chi connectivity index (χ0v) is 39.2. The van der Waals surface area contributed by atoms with Crippen molar-refractivity contribution in [1.82, 2.24) is 31.9 Å². The molecule has 0 fully saturated rings. The number of unbranched alkanes of at least 4 members (excludes halogenated alkanes) is 3. The van der Waals surface area contributed by atoms with Gasteiger partial charge in [0.1, 0.15) is 29.3 Å². The van der Waals surface area contributed by atoms with E-state index in [9.17, 15) is 38.7 Å². The molecule has 0 aliphatic carbocycles. The van der Waals surface area contributed by atoms with Gasteiger partial charge >= 0.3 is 18.2 Å². The largest absolute Gasteiger partial charge is 0.480 e. The highest BCUT2D eigenvalue weighted by molar-refractivity contribution is 5.99. The Bertz CT molecular complexity index is 1820. The summed E-state index contributed by atoms with van der Waals surface area (Å²) in [6, 6.07) is 11.6. The van der Waals surface area contributed by atoms with Crippen LogP contribution in [0.25, 0.3) is 11.1 Å². The smallest absolute Gasteiger partial charge is 0.407 e. The van der Waals surface area contributed by atoms with E-state index in [1.807, 2.05) is 24.3 Å². The van der Waals surface area contributed by atoms with Crippen molar-refractivity contribution in [2.45, 2.75) is 162 Å². The number of ether oxygens (including phenoxy) is 2. The van der Waals surface area contributed by atoms with Gasteiger partial charge in [-0.05, 0) is 134 Å². The minimum absolute atomic E-state index is 0.0362. The zero-order chi connectivity index (χ0) is 48.0. The number of alkyl carbamates (subject to hydrolysis) is 2. The van der Waals surface area contributed by atoms with Gasteiger partial charge in [0.05, 0.1) is 0 Å². The highest BCUT2D eigenvalue weighted by Crippen LogP contribution is 2.21. The second kappa shape index (κ2) is 26.8. The maximum atomic E-state index is 14.1. The Morgan fingerprint density at radius 2 is 1.06 bits per heavy atom. The van der Waals surface area contributed by atoms with E-state index in [-0.39, 0.29) is 38.3 Å². The molecule has 0 spiro atoms. The summed E-state index contributed by atoms with van der Waals surface area (Å²) in [5, 5.41) is 25.2. The van der Waals surface area contributed by atoms with Gasteiger partial charge in [-0.25, -0.2) is 14.4 Å². The zero-order valence-electron chi connectivity index (χ0n) is 39.2. The number of aryl methyl sites for hydroxylation is 1. The lowest BCUT2D eigenvalue weighted by atomic mass is 10.0. The van der Waals surface area contributed by atoms with E-state index in [1.165, 1.54) is 5.56 Å². The standard InChI is InChI=1S/C47H73N7O10/c1-10-11-16-31-19-21-32(22-20-31)33-23-25-34(26-24-33)39(55)51-35(17-12-14-27-49-44(61)63-46(4,5)6)40(56)52-36(18-13-15-28-50-45(62)64-47(7,8)9)41(57)54-38(48)42(58)53-37(43(59)60)29-30(2)3/h19-26,30,35-38H,10-18,27-29,48H2,1-9H3,(H,49,61)(H,50,62)(H,51,55)(H,52,56)(H,53,58)(H,54,57)(H,59,60)/t35-,36-,37-,38+/m0/s1. The Balaban J connectivity index is 2.30. The number of hydrogen-bond donors (Lipinski definition) is 8. The lowest BCUT2D eigenvalue weighted by Gasteiger charge is -2.25. The van der Waals surface area contributed by atoms with E-state index >= 15 is 0 Å². The predicted molar refractivity (Wildman–Crippen MR) is 245 cm³/mol. The van der Waals surface area contributed by atoms with Crippen molar-refractivity contribution in [3.8, 4) is 11.1 Å². The highest BCUT2D eigenvalue weighted by atomic mass is 16.6. The van der Waals surface area contributed by atoms with Crippen LogP contribution >= 0.6 is 0 Å². The number of carbonyl (C=O) groups excluding carboxylic acids is 6. The van der Waals surface area contributed by atoms with Gasteiger partial charge in [0.15, 0.2) is 6.17 Å². The topological polar surface area (TPSA) is 256 Å². The van der Waals surface area contributed by atoms with Crippen LogP contribution in [0.3, 0.4) is 0 Å². The third-order valence-corrected chi connectivity index (χ3v) is 9.59. The van der Waals surface area contributed by atoms with Crippen molar-refractivity contribution in [2.75, 3.05) is 13.1 Å². The molecule has 2 aromatic carbocycles. The van der Waals surface area contributed by atoms with Gasteiger partial charge in [0.25, 0.3) is 11.8 Å². The molecule has 0 aliphatic heterocycles. The van der Waals surface area contributed by atoms with Crippen molar-refractivity contribution in [1.29, 1.82) is 0 Å². The first-order valence-electron chi connectivity index (χ1n) is 22.3. The van der Waals surface area contributed by atoms with Crippen LogP contribution in [0.4, 0.5) is 9.59 Å². The van der Waals surface area contributed by atoms with Crippen molar-refractivity contribution in [2.24, 2.45) is 11.7 Å². The Hall–Kier alpha value is -5.71. The van der Waals surface area contributed by atoms with Gasteiger partial charge in [-0.3, -0.25) is 19.2 Å². The number of aliphatic carboxylic acids is 1. The molecule has 0 aromatic heterocycles. The number of rotatable bonds is 25. The third-order valence-electron chi connectivity index (χ3n) is 9.59. The number of carbonyl (C=O) groups is 7. The Morgan fingerprint density at radius 3 is 1.52 bits per heavy atom. The van der Waals surface area contributed by atoms with Gasteiger partial charge in [-0.1, -0.05) is 63.6 Å². The fourth-order valence-electron chi connectivity index (χ4n) is 6.34. The Labute approximate surface area is 378 Å². The van der Waals surface area contributed by atoms with Crippen LogP contribution in [-0.4, -0.2) is 95.5 Å². The first-order chi connectivity index (χ1) is 30.0. The fourth-order valence-corrected chi connectivity index (χ4v) is 6.34. The van der Waals surface area contributed by atoms with Crippen LogP contribution in [0, 0.1) is 5.92 Å². The first kappa shape index (κ1) is 54.4. The third kappa shape index (κ3) is 22.1. The molecule has 0 bridgehead atoms. The molecular formula is C47H73N7O10. The van der Waals surface area contributed by atoms with Gasteiger partial charge < -0.3 is 52.2 Å². The lowest BCUT2D eigenvalue weighted by molar-refractivity contribution is -0.142. The summed E-state index contributed by atoms with van der Waals surface area (Å²) in [5.74, 6) is -4.32. The number of hydrogen-bond acceptors (Lipinski definition) is 10. The van der Waals surface area contributed by atoms with Gasteiger partial charge in [-0.2, -0.15) is 0 Å². The molecule has 17 nitrogen and oxygen atoms in total. The lowest BCUT2D eigenvalue weighted by Crippen LogP contribution is -2.60. The quantitative estimate of drug-likeness (QED) is 0.0444. The van der Waals surface area contributed by atoms with E-state index in [1.54, 1.807) is 67.5 Å². The molecule has 9 N–H and O–H groups in total. The molecule has 0 radical (unpaired) electrons. The molecule has 2 aromatic rings. The summed E-state index contributed by atoms with van der Waals surface area (Å²) in [7, 11) is 0. The van der Waals surface area contributed by atoms with E-state index in [0.29, 0.717) is 31.2 Å². The second-order valence-electron chi connectivity index (χ2n) is 18.3. The number of carboxylic acid groups (broad SMARTS) is 1. The average molecular weight is 896 g/mol. The van der Waals surface area contributed by atoms with Crippen LogP contribution < -0.4 is 37.6 Å². The molecule has 0 saturated carbocycles. The SMILES string of the molecule is CCCCc1ccc(-c2ccc(C(=O)N[C@@H](CCCCNC(=O)OC(C)(C)C)C(=O)N[C@@H](CCCCNC(=O)OC(C)(C)C)C(=O)N[C@@H](N)C(=O)N[C@@H](CC(C)C)C(=O)O)cc2)cc1. The maximum absolute atomic E-state index is 14.1. The van der Waals surface area contributed by atoms with Crippen LogP contribution in [0.1, 0.15) is 136 Å². The predicted octanol–water partition coefficient (Wildman–Crippen LogP) is 5.69. The second-order valence-corrected chi connectivity index (χ2v) is 18.3. The van der Waals surface area contributed by atoms with Crippen molar-refractivity contribution in [3.05, 3.63) is 59.7 Å². The summed E-state index contributed by atoms with van der Waals surface area (Å²) >= 11 is 0. The van der Waals surface area contributed by atoms with Crippen molar-refractivity contribution in [3.63, 3.8) is 0 Å². The molecule has 0 unspecified atom stereocenters. The Morgan fingerprint density at radius 1 is 0.609 bits per heavy atom. The van der Waals surface area contributed by atoms with Crippen LogP contribution in [0.15, 0.2) is 48.5 Å². The average Bonchev–Trinajstić information content (AvgIpc) is 3.20. The molecule has 64 heavy (non-hydrogen) atoms. The van der Waals surface area contributed by atoms with Gasteiger partial charge in [0.2, 0.25) is 11.8 Å². The Kier molecular flexibility index (Phi) is 22.8. The number of nitrogens with one attached hydrogen (secondary N) is 6. The molecular weight excluding hydrogens is 823 g/mol. The summed E-state index contributed by atoms with van der Waals surface area (Å²) < 4.78 is 10.6. The summed E-state index contributed by atoms with van der Waals surface area (Å²) in [6.07, 6.45) is 2.13. The van der Waals surface area contributed by atoms with Crippen LogP contribution in [0.2, 0.25) is 0 Å². The minimum Gasteiger partial charge on any atom is -0.480 e. The van der Waals surface area contributed by atoms with E-state index < -0.39 is 77.3 Å². The maximum Gasteiger partial charge on any atom is 0.407 e. The first-order valence-corrected chi connectivity index (χ1v) is 22.3. The normalized spacial score (nSPS) is 13.4. The fraction of sp³-hybridized carbons (Fsp3) is 0.596. The molecule has 0 aliphatic rings. The molecule has 17 heteroatoms. The summed E-state index contributed by atoms with van der Waals surface area (Å²) in [5.41, 5.74) is 8.09. The molecule has 2 rings (SSSR count). The molecule has 6 amide bonds. The highest BCUT2D eigenvalue weighted by Gasteiger charge is 2.30. The molecule has 4 atom stereocenters. The van der Waals surface area contributed by atoms with E-state index in [0.717, 1.165) is 30.4 Å². The molecule has 0 heterocycles. The number of benzene rings is 2. The monoisotopic (exact) mass is 896 g/mol. The number of carboxylic acids is 1. The van der Waals surface area contributed by atoms with Gasteiger partial charge in [-0.15, -0.1) is 0 Å². The van der Waals surface area contributed by atoms with Crippen molar-refractivity contribution >= 4 is 41.8 Å². The summed E-state index contributed by atoms with van der Waals surface area (Å²) in [6.45, 7) is 16.6.